The molecule has 0 saturated carbocycles. The minimum Gasteiger partial charge on any atom is -0.340 e. The summed E-state index contributed by atoms with van der Waals surface area (Å²) in [5.41, 5.74) is 5.73. The summed E-state index contributed by atoms with van der Waals surface area (Å²) < 4.78 is 0. The third kappa shape index (κ3) is 3.66. The van der Waals surface area contributed by atoms with Gasteiger partial charge in [0, 0.05) is 32.2 Å². The zero-order valence-corrected chi connectivity index (χ0v) is 11.5. The number of rotatable bonds is 4. The SMILES string of the molecule is CC1CCN(CCN(C)C)C(=O)C(CN)N1C. The van der Waals surface area contributed by atoms with Crippen LogP contribution in [0, 0.1) is 0 Å². The summed E-state index contributed by atoms with van der Waals surface area (Å²) in [6, 6.07) is 0.256. The molecule has 5 heteroatoms. The summed E-state index contributed by atoms with van der Waals surface area (Å²) >= 11 is 0. The molecule has 1 fully saturated rings. The van der Waals surface area contributed by atoms with Gasteiger partial charge in [-0.25, -0.2) is 0 Å². The van der Waals surface area contributed by atoms with Crippen molar-refractivity contribution >= 4 is 5.91 Å². The van der Waals surface area contributed by atoms with Crippen molar-refractivity contribution in [2.45, 2.75) is 25.4 Å². The molecule has 1 heterocycles. The number of hydrogen-bond acceptors (Lipinski definition) is 4. The van der Waals surface area contributed by atoms with Crippen LogP contribution < -0.4 is 5.73 Å². The van der Waals surface area contributed by atoms with Crippen LogP contribution in [0.5, 0.6) is 0 Å². The lowest BCUT2D eigenvalue weighted by Gasteiger charge is -2.29. The Morgan fingerprint density at radius 3 is 2.65 bits per heavy atom. The Hall–Kier alpha value is -0.650. The fourth-order valence-corrected chi connectivity index (χ4v) is 2.16. The summed E-state index contributed by atoms with van der Waals surface area (Å²) in [4.78, 5) is 18.5. The highest BCUT2D eigenvalue weighted by molar-refractivity contribution is 5.82. The van der Waals surface area contributed by atoms with Gasteiger partial charge in [-0.15, -0.1) is 0 Å². The van der Waals surface area contributed by atoms with Gasteiger partial charge in [0.2, 0.25) is 5.91 Å². The van der Waals surface area contributed by atoms with E-state index in [2.05, 4.69) is 16.7 Å². The van der Waals surface area contributed by atoms with Crippen molar-refractivity contribution in [1.29, 1.82) is 0 Å². The van der Waals surface area contributed by atoms with Gasteiger partial charge in [-0.05, 0) is 34.5 Å². The maximum atomic E-state index is 12.3. The van der Waals surface area contributed by atoms with E-state index in [4.69, 9.17) is 5.73 Å². The molecule has 0 aromatic rings. The van der Waals surface area contributed by atoms with Crippen molar-refractivity contribution in [3.63, 3.8) is 0 Å². The molecule has 1 saturated heterocycles. The van der Waals surface area contributed by atoms with Gasteiger partial charge < -0.3 is 15.5 Å². The van der Waals surface area contributed by atoms with E-state index in [0.717, 1.165) is 26.1 Å². The van der Waals surface area contributed by atoms with E-state index in [1.165, 1.54) is 0 Å². The molecule has 100 valence electrons. The number of carbonyl (C=O) groups is 1. The normalized spacial score (nSPS) is 27.6. The van der Waals surface area contributed by atoms with Crippen LogP contribution >= 0.6 is 0 Å². The molecule has 0 bridgehead atoms. The lowest BCUT2D eigenvalue weighted by molar-refractivity contribution is -0.135. The fourth-order valence-electron chi connectivity index (χ4n) is 2.16. The molecule has 5 nitrogen and oxygen atoms in total. The van der Waals surface area contributed by atoms with Crippen molar-refractivity contribution in [1.82, 2.24) is 14.7 Å². The summed E-state index contributed by atoms with van der Waals surface area (Å²) in [7, 11) is 6.05. The van der Waals surface area contributed by atoms with Gasteiger partial charge in [0.15, 0.2) is 0 Å². The van der Waals surface area contributed by atoms with Crippen molar-refractivity contribution in [3.8, 4) is 0 Å². The van der Waals surface area contributed by atoms with E-state index in [-0.39, 0.29) is 11.9 Å². The second kappa shape index (κ2) is 6.33. The maximum absolute atomic E-state index is 12.3. The van der Waals surface area contributed by atoms with Crippen LogP contribution in [-0.4, -0.2) is 80.0 Å². The Balaban J connectivity index is 2.69. The minimum absolute atomic E-state index is 0.158. The second-order valence-electron chi connectivity index (χ2n) is 5.18. The smallest absolute Gasteiger partial charge is 0.241 e. The third-order valence-electron chi connectivity index (χ3n) is 3.64. The average Bonchev–Trinajstić information content (AvgIpc) is 2.37. The Kier molecular flexibility index (Phi) is 5.36. The monoisotopic (exact) mass is 242 g/mol. The van der Waals surface area contributed by atoms with Gasteiger partial charge in [0.1, 0.15) is 6.04 Å². The van der Waals surface area contributed by atoms with Crippen LogP contribution in [-0.2, 0) is 4.79 Å². The van der Waals surface area contributed by atoms with Gasteiger partial charge in [-0.1, -0.05) is 0 Å². The zero-order valence-electron chi connectivity index (χ0n) is 11.5. The minimum atomic E-state index is -0.158. The lowest BCUT2D eigenvalue weighted by atomic mass is 10.2. The first-order chi connectivity index (χ1) is 7.97. The molecule has 1 amide bonds. The second-order valence-corrected chi connectivity index (χ2v) is 5.18. The van der Waals surface area contributed by atoms with E-state index >= 15 is 0 Å². The topological polar surface area (TPSA) is 52.8 Å². The van der Waals surface area contributed by atoms with Crippen LogP contribution in [0.3, 0.4) is 0 Å². The van der Waals surface area contributed by atoms with Gasteiger partial charge in [0.25, 0.3) is 0 Å². The van der Waals surface area contributed by atoms with E-state index in [0.29, 0.717) is 12.6 Å². The molecule has 2 N–H and O–H groups in total. The van der Waals surface area contributed by atoms with Crippen molar-refractivity contribution in [2.75, 3.05) is 47.3 Å². The quantitative estimate of drug-likeness (QED) is 0.717. The van der Waals surface area contributed by atoms with E-state index in [1.54, 1.807) is 0 Å². The number of hydrogen-bond donors (Lipinski definition) is 1. The largest absolute Gasteiger partial charge is 0.340 e. The first kappa shape index (κ1) is 14.4. The van der Waals surface area contributed by atoms with Crippen molar-refractivity contribution in [3.05, 3.63) is 0 Å². The van der Waals surface area contributed by atoms with Crippen LogP contribution in [0.1, 0.15) is 13.3 Å². The Morgan fingerprint density at radius 2 is 2.12 bits per heavy atom. The molecular weight excluding hydrogens is 216 g/mol. The van der Waals surface area contributed by atoms with Gasteiger partial charge >= 0.3 is 0 Å². The highest BCUT2D eigenvalue weighted by Gasteiger charge is 2.32. The molecular formula is C12H26N4O. The lowest BCUT2D eigenvalue weighted by Crippen LogP contribution is -2.51. The molecule has 0 spiro atoms. The molecule has 1 rings (SSSR count). The van der Waals surface area contributed by atoms with Crippen molar-refractivity contribution < 1.29 is 4.79 Å². The van der Waals surface area contributed by atoms with E-state index in [9.17, 15) is 4.79 Å². The predicted octanol–water partition coefficient (Wildman–Crippen LogP) is -0.572. The highest BCUT2D eigenvalue weighted by atomic mass is 16.2. The number of nitrogens with two attached hydrogens (primary N) is 1. The standard InChI is InChI=1S/C12H26N4O/c1-10-5-6-16(8-7-14(2)3)12(17)11(9-13)15(10)4/h10-11H,5-9,13H2,1-4H3. The van der Waals surface area contributed by atoms with Gasteiger partial charge in [0.05, 0.1) is 0 Å². The molecule has 1 aliphatic heterocycles. The Morgan fingerprint density at radius 1 is 1.47 bits per heavy atom. The molecule has 0 aromatic heterocycles. The van der Waals surface area contributed by atoms with Gasteiger partial charge in [-0.3, -0.25) is 9.69 Å². The average molecular weight is 242 g/mol. The van der Waals surface area contributed by atoms with E-state index in [1.807, 2.05) is 26.0 Å². The third-order valence-corrected chi connectivity index (χ3v) is 3.64. The molecule has 1 aliphatic rings. The van der Waals surface area contributed by atoms with Crippen LogP contribution in [0.25, 0.3) is 0 Å². The molecule has 0 radical (unpaired) electrons. The van der Waals surface area contributed by atoms with Crippen LogP contribution in [0.15, 0.2) is 0 Å². The van der Waals surface area contributed by atoms with Crippen molar-refractivity contribution in [2.24, 2.45) is 5.73 Å². The number of nitrogens with zero attached hydrogens (tertiary/aromatic N) is 3. The zero-order chi connectivity index (χ0) is 13.0. The number of carbonyl (C=O) groups excluding carboxylic acids is 1. The maximum Gasteiger partial charge on any atom is 0.241 e. The van der Waals surface area contributed by atoms with Gasteiger partial charge in [-0.2, -0.15) is 0 Å². The first-order valence-electron chi connectivity index (χ1n) is 6.33. The molecule has 0 aliphatic carbocycles. The number of amides is 1. The molecule has 0 aromatic carbocycles. The fraction of sp³-hybridized carbons (Fsp3) is 0.917. The van der Waals surface area contributed by atoms with E-state index < -0.39 is 0 Å². The van der Waals surface area contributed by atoms with Crippen LogP contribution in [0.2, 0.25) is 0 Å². The molecule has 2 unspecified atom stereocenters. The summed E-state index contributed by atoms with van der Waals surface area (Å²) in [5, 5.41) is 0. The predicted molar refractivity (Wildman–Crippen MR) is 69.8 cm³/mol. The Bertz CT molecular complexity index is 255. The Labute approximate surface area is 105 Å². The summed E-state index contributed by atoms with van der Waals surface area (Å²) in [6.07, 6.45) is 1.02. The number of likely N-dealkylation sites (N-methyl/N-ethyl adjacent to an activating group) is 2. The first-order valence-corrected chi connectivity index (χ1v) is 6.33. The van der Waals surface area contributed by atoms with Crippen LogP contribution in [0.4, 0.5) is 0 Å². The summed E-state index contributed by atoms with van der Waals surface area (Å²) in [6.45, 7) is 5.10. The molecule has 2 atom stereocenters. The summed E-state index contributed by atoms with van der Waals surface area (Å²) in [5.74, 6) is 0.182. The highest BCUT2D eigenvalue weighted by Crippen LogP contribution is 2.14. The molecule has 17 heavy (non-hydrogen) atoms.